The summed E-state index contributed by atoms with van der Waals surface area (Å²) in [5.74, 6) is 1.84. The lowest BCUT2D eigenvalue weighted by Crippen LogP contribution is -2.48. The average molecular weight is 703 g/mol. The number of rotatable bonds is 16. The first-order chi connectivity index (χ1) is 24.6. The lowest BCUT2D eigenvalue weighted by Gasteiger charge is -2.39. The van der Waals surface area contributed by atoms with Crippen molar-refractivity contribution in [3.05, 3.63) is 89.0 Å². The van der Waals surface area contributed by atoms with E-state index in [0.29, 0.717) is 59.1 Å². The number of benzene rings is 3. The van der Waals surface area contributed by atoms with Crippen LogP contribution in [0.1, 0.15) is 74.6 Å². The third-order valence-corrected chi connectivity index (χ3v) is 9.21. The molecular weight excluding hydrogens is 648 g/mol. The zero-order chi connectivity index (χ0) is 36.2. The second kappa shape index (κ2) is 18.4. The highest BCUT2D eigenvalue weighted by atomic mass is 16.6. The number of nitrogens with zero attached hydrogens (tertiary/aromatic N) is 2. The van der Waals surface area contributed by atoms with Crippen LogP contribution in [-0.4, -0.2) is 82.3 Å². The minimum absolute atomic E-state index is 0.0749. The molecule has 0 saturated carbocycles. The third-order valence-electron chi connectivity index (χ3n) is 9.21. The highest BCUT2D eigenvalue weighted by molar-refractivity contribution is 5.96. The Morgan fingerprint density at radius 2 is 1.71 bits per heavy atom. The first kappa shape index (κ1) is 38.1. The molecule has 10 heteroatoms. The molecule has 0 spiro atoms. The first-order valence-corrected chi connectivity index (χ1v) is 18.1. The van der Waals surface area contributed by atoms with E-state index in [2.05, 4.69) is 30.3 Å². The van der Waals surface area contributed by atoms with Gasteiger partial charge in [0.2, 0.25) is 5.91 Å². The van der Waals surface area contributed by atoms with Gasteiger partial charge in [-0.2, -0.15) is 0 Å². The van der Waals surface area contributed by atoms with E-state index in [-0.39, 0.29) is 24.0 Å². The molecule has 276 valence electrons. The van der Waals surface area contributed by atoms with E-state index in [1.54, 1.807) is 19.1 Å². The molecule has 2 unspecified atom stereocenters. The van der Waals surface area contributed by atoms with Crippen LogP contribution in [0.3, 0.4) is 0 Å². The van der Waals surface area contributed by atoms with Gasteiger partial charge in [0.25, 0.3) is 0 Å². The molecule has 2 heterocycles. The Bertz CT molecular complexity index is 1570. The molecule has 2 amide bonds. The van der Waals surface area contributed by atoms with Crippen LogP contribution in [0.4, 0.5) is 10.5 Å². The van der Waals surface area contributed by atoms with Gasteiger partial charge in [0.05, 0.1) is 46.2 Å². The minimum atomic E-state index is -0.586. The van der Waals surface area contributed by atoms with Crippen molar-refractivity contribution in [1.82, 2.24) is 4.90 Å². The lowest BCUT2D eigenvalue weighted by molar-refractivity contribution is -0.118. The van der Waals surface area contributed by atoms with Gasteiger partial charge in [-0.15, -0.1) is 0 Å². The number of para-hydroxylation sites is 1. The minimum Gasteiger partial charge on any atom is -0.496 e. The molecule has 51 heavy (non-hydrogen) atoms. The van der Waals surface area contributed by atoms with E-state index in [0.717, 1.165) is 59.6 Å². The van der Waals surface area contributed by atoms with Crippen LogP contribution in [0.5, 0.6) is 11.5 Å². The molecule has 3 aromatic carbocycles. The monoisotopic (exact) mass is 702 g/mol. The summed E-state index contributed by atoms with van der Waals surface area (Å²) in [4.78, 5) is 29.6. The fourth-order valence-corrected chi connectivity index (χ4v) is 6.61. The van der Waals surface area contributed by atoms with Crippen molar-refractivity contribution in [2.75, 3.05) is 58.6 Å². The molecule has 5 rings (SSSR count). The summed E-state index contributed by atoms with van der Waals surface area (Å²) in [7, 11) is 3.34. The standard InChI is InChI=1S/C41H54N2O8/c1-41(2,3)51-40(45)42-22-20-35(31-14-17-34(18-15-31)49-25-9-24-48-29-33-10-6-7-11-37(33)47-5)38(27-42)50-28-30-12-13-32-16-19-39(44)43(36(32)26-30)21-8-23-46-4/h6-7,10-15,17-18,26,35,38H,8-9,16,19-25,27-29H2,1-5H3. The van der Waals surface area contributed by atoms with Crippen molar-refractivity contribution in [2.24, 2.45) is 0 Å². The predicted octanol–water partition coefficient (Wildman–Crippen LogP) is 7.31. The van der Waals surface area contributed by atoms with Crippen molar-refractivity contribution in [1.29, 1.82) is 0 Å². The van der Waals surface area contributed by atoms with E-state index in [1.807, 2.05) is 62.1 Å². The second-order valence-electron chi connectivity index (χ2n) is 14.2. The van der Waals surface area contributed by atoms with Gasteiger partial charge in [0.15, 0.2) is 0 Å². The number of hydrogen-bond acceptors (Lipinski definition) is 8. The van der Waals surface area contributed by atoms with Gasteiger partial charge in [-0.3, -0.25) is 4.79 Å². The van der Waals surface area contributed by atoms with Crippen LogP contribution < -0.4 is 14.4 Å². The summed E-state index contributed by atoms with van der Waals surface area (Å²) in [6.07, 6.45) is 2.94. The molecule has 2 atom stereocenters. The number of fused-ring (bicyclic) bond motifs is 1. The summed E-state index contributed by atoms with van der Waals surface area (Å²) < 4.78 is 34.9. The molecule has 0 aliphatic carbocycles. The van der Waals surface area contributed by atoms with E-state index in [1.165, 1.54) is 5.56 Å². The largest absolute Gasteiger partial charge is 0.496 e. The lowest BCUT2D eigenvalue weighted by atomic mass is 9.87. The molecule has 0 radical (unpaired) electrons. The van der Waals surface area contributed by atoms with Crippen LogP contribution in [0.15, 0.2) is 66.7 Å². The average Bonchev–Trinajstić information content (AvgIpc) is 3.12. The smallest absolute Gasteiger partial charge is 0.410 e. The Hall–Kier alpha value is -4.12. The molecule has 1 fully saturated rings. The SMILES string of the molecule is COCCCN1C(=O)CCc2ccc(COC3CN(C(=O)OC(C)(C)C)CCC3c3ccc(OCCCOCc4ccccc4OC)cc3)cc21. The number of hydrogen-bond donors (Lipinski definition) is 0. The van der Waals surface area contributed by atoms with Crippen molar-refractivity contribution in [3.8, 4) is 11.5 Å². The number of amides is 2. The van der Waals surface area contributed by atoms with Gasteiger partial charge < -0.3 is 38.2 Å². The van der Waals surface area contributed by atoms with Gasteiger partial charge in [-0.1, -0.05) is 42.5 Å². The zero-order valence-electron chi connectivity index (χ0n) is 30.9. The maximum atomic E-state index is 13.1. The number of carbonyl (C=O) groups is 2. The van der Waals surface area contributed by atoms with Crippen molar-refractivity contribution >= 4 is 17.7 Å². The van der Waals surface area contributed by atoms with Gasteiger partial charge in [0.1, 0.15) is 17.1 Å². The quantitative estimate of drug-likeness (QED) is 0.144. The molecule has 2 aliphatic rings. The van der Waals surface area contributed by atoms with Crippen LogP contribution in [0.2, 0.25) is 0 Å². The summed E-state index contributed by atoms with van der Waals surface area (Å²) in [5, 5.41) is 0. The Labute approximate surface area is 302 Å². The summed E-state index contributed by atoms with van der Waals surface area (Å²) in [6, 6.07) is 22.3. The van der Waals surface area contributed by atoms with Crippen LogP contribution in [-0.2, 0) is 43.4 Å². The zero-order valence-corrected chi connectivity index (χ0v) is 30.9. The van der Waals surface area contributed by atoms with Crippen LogP contribution in [0, 0.1) is 0 Å². The third kappa shape index (κ3) is 10.9. The Kier molecular flexibility index (Phi) is 13.7. The number of carbonyl (C=O) groups excluding carboxylic acids is 2. The number of piperidine rings is 1. The maximum absolute atomic E-state index is 13.1. The van der Waals surface area contributed by atoms with E-state index in [4.69, 9.17) is 28.4 Å². The van der Waals surface area contributed by atoms with E-state index in [9.17, 15) is 9.59 Å². The Morgan fingerprint density at radius 3 is 2.47 bits per heavy atom. The molecule has 0 N–H and O–H groups in total. The van der Waals surface area contributed by atoms with E-state index < -0.39 is 5.60 Å². The molecule has 10 nitrogen and oxygen atoms in total. The molecule has 0 aromatic heterocycles. The van der Waals surface area contributed by atoms with Gasteiger partial charge in [0, 0.05) is 56.8 Å². The number of likely N-dealkylation sites (tertiary alicyclic amines) is 1. The topological polar surface area (TPSA) is 96.0 Å². The number of methoxy groups -OCH3 is 2. The predicted molar refractivity (Wildman–Crippen MR) is 197 cm³/mol. The maximum Gasteiger partial charge on any atom is 0.410 e. The second-order valence-corrected chi connectivity index (χ2v) is 14.2. The van der Waals surface area contributed by atoms with Crippen LogP contribution in [0.25, 0.3) is 0 Å². The van der Waals surface area contributed by atoms with E-state index >= 15 is 0 Å². The summed E-state index contributed by atoms with van der Waals surface area (Å²) in [5.41, 5.74) is 4.69. The number of ether oxygens (including phenoxy) is 6. The van der Waals surface area contributed by atoms with Crippen molar-refractivity contribution in [2.45, 2.75) is 83.7 Å². The fraction of sp³-hybridized carbons (Fsp3) is 0.512. The summed E-state index contributed by atoms with van der Waals surface area (Å²) >= 11 is 0. The normalized spacial score (nSPS) is 17.6. The van der Waals surface area contributed by atoms with Crippen molar-refractivity contribution in [3.63, 3.8) is 0 Å². The summed E-state index contributed by atoms with van der Waals surface area (Å²) in [6.45, 7) is 9.83. The Balaban J connectivity index is 1.20. The molecular formula is C41H54N2O8. The first-order valence-electron chi connectivity index (χ1n) is 18.1. The number of aryl methyl sites for hydroxylation is 1. The van der Waals surface area contributed by atoms with Crippen LogP contribution >= 0.6 is 0 Å². The van der Waals surface area contributed by atoms with Gasteiger partial charge >= 0.3 is 6.09 Å². The molecule has 3 aromatic rings. The molecule has 2 aliphatic heterocycles. The van der Waals surface area contributed by atoms with Gasteiger partial charge in [-0.05, 0) is 81.0 Å². The highest BCUT2D eigenvalue weighted by Gasteiger charge is 2.35. The molecule has 0 bridgehead atoms. The Morgan fingerprint density at radius 1 is 0.902 bits per heavy atom. The number of anilines is 1. The molecule has 1 saturated heterocycles. The fourth-order valence-electron chi connectivity index (χ4n) is 6.61. The van der Waals surface area contributed by atoms with Crippen molar-refractivity contribution < 1.29 is 38.0 Å². The highest BCUT2D eigenvalue weighted by Crippen LogP contribution is 2.34. The van der Waals surface area contributed by atoms with Gasteiger partial charge in [-0.25, -0.2) is 4.79 Å².